The minimum Gasteiger partial charge on any atom is -0.461 e. The second-order valence-corrected chi connectivity index (χ2v) is 4.12. The Balaban J connectivity index is 2.61. The molecule has 0 saturated carbocycles. The quantitative estimate of drug-likeness (QED) is 0.347. The molecule has 108 valence electrons. The van der Waals surface area contributed by atoms with Crippen molar-refractivity contribution in [3.05, 3.63) is 53.8 Å². The summed E-state index contributed by atoms with van der Waals surface area (Å²) in [5, 5.41) is 8.98. The van der Waals surface area contributed by atoms with Gasteiger partial charge in [0.15, 0.2) is 0 Å². The molecule has 0 spiro atoms. The van der Waals surface area contributed by atoms with E-state index in [1.807, 2.05) is 19.1 Å². The molecule has 0 fully saturated rings. The average Bonchev–Trinajstić information content (AvgIpc) is 2.46. The van der Waals surface area contributed by atoms with Gasteiger partial charge in [-0.2, -0.15) is 5.26 Å². The van der Waals surface area contributed by atoms with Crippen LogP contribution in [0, 0.1) is 18.3 Å². The van der Waals surface area contributed by atoms with Gasteiger partial charge in [-0.25, -0.2) is 4.79 Å². The normalized spacial score (nSPS) is 10.4. The van der Waals surface area contributed by atoms with Crippen molar-refractivity contribution in [1.82, 2.24) is 0 Å². The van der Waals surface area contributed by atoms with Gasteiger partial charge in [0, 0.05) is 0 Å². The van der Waals surface area contributed by atoms with E-state index in [1.54, 1.807) is 18.2 Å². The average molecular weight is 285 g/mol. The van der Waals surface area contributed by atoms with Crippen LogP contribution in [0.5, 0.6) is 0 Å². The molecule has 0 radical (unpaired) electrons. The number of ether oxygens (including phenoxy) is 2. The highest BCUT2D eigenvalue weighted by atomic mass is 16.5. The molecule has 0 amide bonds. The first-order valence-corrected chi connectivity index (χ1v) is 6.22. The molecule has 21 heavy (non-hydrogen) atoms. The summed E-state index contributed by atoms with van der Waals surface area (Å²) in [5.74, 6) is -1.33. The van der Waals surface area contributed by atoms with Crippen molar-refractivity contribution in [2.45, 2.75) is 13.3 Å². The number of nitriles is 1. The van der Waals surface area contributed by atoms with Crippen molar-refractivity contribution in [2.75, 3.05) is 6.61 Å². The molecule has 0 unspecified atom stereocenters. The van der Waals surface area contributed by atoms with Crippen LogP contribution in [0.15, 0.2) is 42.7 Å². The molecule has 0 N–H and O–H groups in total. The van der Waals surface area contributed by atoms with Gasteiger partial charge in [0.1, 0.15) is 18.2 Å². The summed E-state index contributed by atoms with van der Waals surface area (Å²) in [4.78, 5) is 22.7. The van der Waals surface area contributed by atoms with Crippen molar-refractivity contribution in [1.29, 1.82) is 5.26 Å². The molecule has 0 aliphatic heterocycles. The molecule has 1 aromatic rings. The Kier molecular flexibility index (Phi) is 6.42. The van der Waals surface area contributed by atoms with Crippen LogP contribution in [0.25, 0.3) is 6.08 Å². The molecule has 0 heterocycles. The number of aryl methyl sites for hydroxylation is 1. The van der Waals surface area contributed by atoms with E-state index >= 15 is 0 Å². The number of carbonyl (C=O) groups is 2. The van der Waals surface area contributed by atoms with Crippen molar-refractivity contribution < 1.29 is 19.1 Å². The molecule has 0 aromatic heterocycles. The van der Waals surface area contributed by atoms with Crippen molar-refractivity contribution in [2.24, 2.45) is 0 Å². The van der Waals surface area contributed by atoms with Gasteiger partial charge in [0.25, 0.3) is 0 Å². The molecule has 0 atom stereocenters. The highest BCUT2D eigenvalue weighted by Crippen LogP contribution is 2.09. The van der Waals surface area contributed by atoms with Gasteiger partial charge < -0.3 is 9.47 Å². The standard InChI is InChI=1S/C16H15NO4/c1-3-20-15(18)8-9-21-16(19)14(11-17)10-13-6-4-12(2)5-7-13/h3-7,10H,1,8-9H2,2H3. The van der Waals surface area contributed by atoms with Crippen molar-refractivity contribution >= 4 is 18.0 Å². The van der Waals surface area contributed by atoms with E-state index in [4.69, 9.17) is 10.00 Å². The maximum absolute atomic E-state index is 11.7. The van der Waals surface area contributed by atoms with Crippen LogP contribution in [0.1, 0.15) is 17.5 Å². The van der Waals surface area contributed by atoms with Crippen LogP contribution in [0.4, 0.5) is 0 Å². The topological polar surface area (TPSA) is 76.4 Å². The largest absolute Gasteiger partial charge is 0.461 e. The molecule has 0 aliphatic rings. The Labute approximate surface area is 123 Å². The van der Waals surface area contributed by atoms with Gasteiger partial charge in [-0.3, -0.25) is 4.79 Å². The monoisotopic (exact) mass is 285 g/mol. The molecule has 1 aromatic carbocycles. The molecule has 0 aliphatic carbocycles. The molecule has 0 saturated heterocycles. The molecular weight excluding hydrogens is 270 g/mol. The first-order chi connectivity index (χ1) is 10.1. The lowest BCUT2D eigenvalue weighted by molar-refractivity contribution is -0.143. The lowest BCUT2D eigenvalue weighted by Gasteiger charge is -2.03. The molecule has 5 nitrogen and oxygen atoms in total. The Bertz CT molecular complexity index is 594. The van der Waals surface area contributed by atoms with Gasteiger partial charge in [0.2, 0.25) is 0 Å². The Hall–Kier alpha value is -2.87. The number of hydrogen-bond donors (Lipinski definition) is 0. The lowest BCUT2D eigenvalue weighted by atomic mass is 10.1. The SMILES string of the molecule is C=COC(=O)CCOC(=O)C(C#N)=Cc1ccc(C)cc1. The van der Waals surface area contributed by atoms with Crippen LogP contribution in [0.3, 0.4) is 0 Å². The third-order valence-electron chi connectivity index (χ3n) is 2.48. The summed E-state index contributed by atoms with van der Waals surface area (Å²) in [7, 11) is 0. The summed E-state index contributed by atoms with van der Waals surface area (Å²) >= 11 is 0. The Morgan fingerprint density at radius 1 is 1.33 bits per heavy atom. The number of hydrogen-bond acceptors (Lipinski definition) is 5. The van der Waals surface area contributed by atoms with Crippen LogP contribution in [0.2, 0.25) is 0 Å². The van der Waals surface area contributed by atoms with Gasteiger partial charge in [-0.1, -0.05) is 36.4 Å². The number of carbonyl (C=O) groups excluding carboxylic acids is 2. The predicted octanol–water partition coefficient (Wildman–Crippen LogP) is 2.52. The second-order valence-electron chi connectivity index (χ2n) is 4.12. The van der Waals surface area contributed by atoms with Crippen LogP contribution >= 0.6 is 0 Å². The van der Waals surface area contributed by atoms with Crippen LogP contribution in [-0.2, 0) is 19.1 Å². The zero-order chi connectivity index (χ0) is 15.7. The first kappa shape index (κ1) is 16.2. The van der Waals surface area contributed by atoms with E-state index in [9.17, 15) is 9.59 Å². The zero-order valence-corrected chi connectivity index (χ0v) is 11.7. The Morgan fingerprint density at radius 2 is 2.00 bits per heavy atom. The van der Waals surface area contributed by atoms with E-state index < -0.39 is 11.9 Å². The summed E-state index contributed by atoms with van der Waals surface area (Å²) in [6.07, 6.45) is 2.34. The van der Waals surface area contributed by atoms with Gasteiger partial charge in [-0.05, 0) is 18.6 Å². The van der Waals surface area contributed by atoms with Crippen molar-refractivity contribution in [3.63, 3.8) is 0 Å². The fourth-order valence-electron chi connectivity index (χ4n) is 1.42. The van der Waals surface area contributed by atoms with Crippen LogP contribution < -0.4 is 0 Å². The highest BCUT2D eigenvalue weighted by Gasteiger charge is 2.12. The zero-order valence-electron chi connectivity index (χ0n) is 11.7. The second kappa shape index (κ2) is 8.33. The summed E-state index contributed by atoms with van der Waals surface area (Å²) in [6.45, 7) is 5.02. The van der Waals surface area contributed by atoms with Crippen molar-refractivity contribution in [3.8, 4) is 6.07 Å². The summed E-state index contributed by atoms with van der Waals surface area (Å²) in [6, 6.07) is 9.11. The number of esters is 2. The molecular formula is C16H15NO4. The van der Waals surface area contributed by atoms with E-state index in [1.165, 1.54) is 6.08 Å². The smallest absolute Gasteiger partial charge is 0.348 e. The minimum absolute atomic E-state index is 0.0962. The number of benzene rings is 1. The van der Waals surface area contributed by atoms with Gasteiger partial charge >= 0.3 is 11.9 Å². The molecule has 5 heteroatoms. The minimum atomic E-state index is -0.774. The van der Waals surface area contributed by atoms with E-state index in [-0.39, 0.29) is 18.6 Å². The Morgan fingerprint density at radius 3 is 2.57 bits per heavy atom. The number of rotatable bonds is 6. The highest BCUT2D eigenvalue weighted by molar-refractivity contribution is 5.97. The third-order valence-corrected chi connectivity index (χ3v) is 2.48. The third kappa shape index (κ3) is 5.74. The summed E-state index contributed by atoms with van der Waals surface area (Å²) < 4.78 is 9.31. The molecule has 1 rings (SSSR count). The van der Waals surface area contributed by atoms with E-state index in [0.29, 0.717) is 0 Å². The summed E-state index contributed by atoms with van der Waals surface area (Å²) in [5.41, 5.74) is 1.67. The molecule has 0 bridgehead atoms. The fourth-order valence-corrected chi connectivity index (χ4v) is 1.42. The fraction of sp³-hybridized carbons (Fsp3) is 0.188. The maximum atomic E-state index is 11.7. The number of nitrogens with zero attached hydrogens (tertiary/aromatic N) is 1. The lowest BCUT2D eigenvalue weighted by Crippen LogP contribution is -2.11. The van der Waals surface area contributed by atoms with Gasteiger partial charge in [-0.15, -0.1) is 0 Å². The van der Waals surface area contributed by atoms with E-state index in [2.05, 4.69) is 11.3 Å². The van der Waals surface area contributed by atoms with Gasteiger partial charge in [0.05, 0.1) is 12.7 Å². The first-order valence-electron chi connectivity index (χ1n) is 6.22. The predicted molar refractivity (Wildman–Crippen MR) is 76.6 cm³/mol. The van der Waals surface area contributed by atoms with Crippen LogP contribution in [-0.4, -0.2) is 18.5 Å². The van der Waals surface area contributed by atoms with E-state index in [0.717, 1.165) is 17.4 Å². The maximum Gasteiger partial charge on any atom is 0.348 e.